The molecule has 1 heterocycles. The number of hydrogen-bond donors (Lipinski definition) is 2. The van der Waals surface area contributed by atoms with Crippen molar-refractivity contribution in [3.8, 4) is 5.75 Å². The third-order valence-electron chi connectivity index (χ3n) is 3.49. The predicted molar refractivity (Wildman–Crippen MR) is 93.2 cm³/mol. The second kappa shape index (κ2) is 7.13. The van der Waals surface area contributed by atoms with Crippen molar-refractivity contribution in [1.29, 1.82) is 0 Å². The Morgan fingerprint density at radius 3 is 2.43 bits per heavy atom. The maximum atomic E-state index is 12.4. The summed E-state index contributed by atoms with van der Waals surface area (Å²) in [5, 5.41) is 13.1. The van der Waals surface area contributed by atoms with E-state index in [1.54, 1.807) is 6.20 Å². The maximum absolute atomic E-state index is 12.4. The molecular formula is C18H23N3O2. The molecule has 0 spiro atoms. The van der Waals surface area contributed by atoms with E-state index in [-0.39, 0.29) is 17.2 Å². The summed E-state index contributed by atoms with van der Waals surface area (Å²) in [6.45, 7) is 4.08. The summed E-state index contributed by atoms with van der Waals surface area (Å²) in [6.07, 6.45) is 2.19. The molecule has 23 heavy (non-hydrogen) atoms. The Labute approximate surface area is 137 Å². The molecule has 0 saturated carbocycles. The molecule has 2 N–H and O–H groups in total. The lowest BCUT2D eigenvalue weighted by Gasteiger charge is -2.14. The topological polar surface area (TPSA) is 65.5 Å². The first-order chi connectivity index (χ1) is 10.9. The Bertz CT molecular complexity index is 679. The average molecular weight is 313 g/mol. The average Bonchev–Trinajstić information content (AvgIpc) is 2.49. The number of amides is 1. The van der Waals surface area contributed by atoms with Crippen LogP contribution in [0.5, 0.6) is 5.75 Å². The van der Waals surface area contributed by atoms with Crippen LogP contribution in [0.4, 0.5) is 11.4 Å². The summed E-state index contributed by atoms with van der Waals surface area (Å²) in [6, 6.07) is 9.04. The molecule has 0 unspecified atom stereocenters. The van der Waals surface area contributed by atoms with Crippen LogP contribution in [0.2, 0.25) is 0 Å². The van der Waals surface area contributed by atoms with Gasteiger partial charge >= 0.3 is 0 Å². The van der Waals surface area contributed by atoms with E-state index < -0.39 is 0 Å². The zero-order valence-electron chi connectivity index (χ0n) is 14.0. The minimum atomic E-state index is -0.340. The van der Waals surface area contributed by atoms with Gasteiger partial charge in [0.25, 0.3) is 5.91 Å². The molecule has 0 aliphatic heterocycles. The van der Waals surface area contributed by atoms with E-state index in [0.29, 0.717) is 23.7 Å². The van der Waals surface area contributed by atoms with Crippen LogP contribution < -0.4 is 10.2 Å². The molecular weight excluding hydrogens is 290 g/mol. The van der Waals surface area contributed by atoms with Gasteiger partial charge in [-0.2, -0.15) is 0 Å². The quantitative estimate of drug-likeness (QED) is 0.889. The van der Waals surface area contributed by atoms with Gasteiger partial charge < -0.3 is 15.3 Å². The zero-order chi connectivity index (χ0) is 17.0. The van der Waals surface area contributed by atoms with Crippen LogP contribution >= 0.6 is 0 Å². The molecule has 5 nitrogen and oxygen atoms in total. The van der Waals surface area contributed by atoms with Crippen LogP contribution in [-0.2, 0) is 6.42 Å². The Kier molecular flexibility index (Phi) is 5.21. The van der Waals surface area contributed by atoms with Crippen molar-refractivity contribution in [2.75, 3.05) is 24.3 Å². The smallest absolute Gasteiger partial charge is 0.259 e. The number of rotatable bonds is 5. The number of hydrogen-bond acceptors (Lipinski definition) is 4. The van der Waals surface area contributed by atoms with Crippen LogP contribution in [0.1, 0.15) is 29.9 Å². The van der Waals surface area contributed by atoms with Crippen LogP contribution in [0.15, 0.2) is 36.5 Å². The van der Waals surface area contributed by atoms with Gasteiger partial charge in [-0.1, -0.05) is 13.8 Å². The van der Waals surface area contributed by atoms with E-state index >= 15 is 0 Å². The standard InChI is InChI=1S/C18H23N3O2/c1-12(2)11-16-17(22)15(9-10-19-16)18(23)20-13-5-7-14(8-6-13)21(3)4/h5-10,12,22H,11H2,1-4H3,(H,20,23). The fourth-order valence-corrected chi connectivity index (χ4v) is 2.26. The van der Waals surface area contributed by atoms with E-state index in [4.69, 9.17) is 0 Å². The van der Waals surface area contributed by atoms with Gasteiger partial charge in [-0.05, 0) is 42.7 Å². The highest BCUT2D eigenvalue weighted by atomic mass is 16.3. The number of carbonyl (C=O) groups excluding carboxylic acids is 1. The summed E-state index contributed by atoms with van der Waals surface area (Å²) in [5.41, 5.74) is 2.53. The molecule has 1 aromatic heterocycles. The molecule has 122 valence electrons. The van der Waals surface area contributed by atoms with Gasteiger partial charge in [-0.25, -0.2) is 0 Å². The van der Waals surface area contributed by atoms with Crippen LogP contribution in [0.25, 0.3) is 0 Å². The second-order valence-electron chi connectivity index (χ2n) is 6.15. The highest BCUT2D eigenvalue weighted by molar-refractivity contribution is 6.06. The number of carbonyl (C=O) groups is 1. The molecule has 0 aliphatic rings. The summed E-state index contributed by atoms with van der Waals surface area (Å²) in [4.78, 5) is 18.5. The van der Waals surface area contributed by atoms with Crippen molar-refractivity contribution in [3.63, 3.8) is 0 Å². The summed E-state index contributed by atoms with van der Waals surface area (Å²) >= 11 is 0. The Morgan fingerprint density at radius 1 is 1.22 bits per heavy atom. The minimum absolute atomic E-state index is 0.0383. The third-order valence-corrected chi connectivity index (χ3v) is 3.49. The predicted octanol–water partition coefficient (Wildman–Crippen LogP) is 3.30. The highest BCUT2D eigenvalue weighted by Crippen LogP contribution is 2.24. The van der Waals surface area contributed by atoms with Gasteiger partial charge in [-0.15, -0.1) is 0 Å². The fourth-order valence-electron chi connectivity index (χ4n) is 2.26. The van der Waals surface area contributed by atoms with Crippen molar-refractivity contribution < 1.29 is 9.90 Å². The molecule has 2 rings (SSSR count). The molecule has 0 saturated heterocycles. The lowest BCUT2D eigenvalue weighted by atomic mass is 10.0. The Morgan fingerprint density at radius 2 is 1.87 bits per heavy atom. The van der Waals surface area contributed by atoms with Crippen molar-refractivity contribution >= 4 is 17.3 Å². The largest absolute Gasteiger partial charge is 0.505 e. The van der Waals surface area contributed by atoms with Gasteiger partial charge in [-0.3, -0.25) is 9.78 Å². The summed E-state index contributed by atoms with van der Waals surface area (Å²) in [7, 11) is 3.91. The number of nitrogens with zero attached hydrogens (tertiary/aromatic N) is 2. The van der Waals surface area contributed by atoms with Gasteiger partial charge in [0.15, 0.2) is 0 Å². The lowest BCUT2D eigenvalue weighted by molar-refractivity contribution is 0.102. The summed E-state index contributed by atoms with van der Waals surface area (Å²) < 4.78 is 0. The van der Waals surface area contributed by atoms with Crippen molar-refractivity contribution in [2.24, 2.45) is 5.92 Å². The molecule has 5 heteroatoms. The number of pyridine rings is 1. The van der Waals surface area contributed by atoms with E-state index in [9.17, 15) is 9.90 Å². The number of aromatic hydroxyl groups is 1. The first-order valence-electron chi connectivity index (χ1n) is 7.64. The second-order valence-corrected chi connectivity index (χ2v) is 6.15. The fraction of sp³-hybridized carbons (Fsp3) is 0.333. The third kappa shape index (κ3) is 4.22. The monoisotopic (exact) mass is 313 g/mol. The molecule has 0 atom stereocenters. The molecule has 1 aromatic carbocycles. The first-order valence-corrected chi connectivity index (χ1v) is 7.64. The van der Waals surface area contributed by atoms with Crippen molar-refractivity contribution in [1.82, 2.24) is 4.98 Å². The van der Waals surface area contributed by atoms with Gasteiger partial charge in [0.2, 0.25) is 0 Å². The van der Waals surface area contributed by atoms with Gasteiger partial charge in [0, 0.05) is 31.7 Å². The van der Waals surface area contributed by atoms with Crippen LogP contribution in [0, 0.1) is 5.92 Å². The zero-order valence-corrected chi connectivity index (χ0v) is 14.0. The maximum Gasteiger partial charge on any atom is 0.259 e. The Hall–Kier alpha value is -2.56. The summed E-state index contributed by atoms with van der Waals surface area (Å²) in [5.74, 6) is -0.0265. The minimum Gasteiger partial charge on any atom is -0.505 e. The van der Waals surface area contributed by atoms with Gasteiger partial charge in [0.05, 0.1) is 11.3 Å². The van der Waals surface area contributed by atoms with Crippen molar-refractivity contribution in [3.05, 3.63) is 47.8 Å². The van der Waals surface area contributed by atoms with E-state index in [1.165, 1.54) is 6.07 Å². The van der Waals surface area contributed by atoms with Gasteiger partial charge in [0.1, 0.15) is 5.75 Å². The number of aromatic nitrogens is 1. The molecule has 2 aromatic rings. The highest BCUT2D eigenvalue weighted by Gasteiger charge is 2.16. The SMILES string of the molecule is CC(C)Cc1nccc(C(=O)Nc2ccc(N(C)C)cc2)c1O. The number of nitrogens with one attached hydrogen (secondary N) is 1. The normalized spacial score (nSPS) is 10.7. The van der Waals surface area contributed by atoms with E-state index in [1.807, 2.05) is 57.1 Å². The Balaban J connectivity index is 2.17. The molecule has 1 amide bonds. The number of anilines is 2. The van der Waals surface area contributed by atoms with Crippen LogP contribution in [0.3, 0.4) is 0 Å². The first kappa shape index (κ1) is 16.8. The van der Waals surface area contributed by atoms with Crippen molar-refractivity contribution in [2.45, 2.75) is 20.3 Å². The van der Waals surface area contributed by atoms with E-state index in [0.717, 1.165) is 5.69 Å². The molecule has 0 radical (unpaired) electrons. The van der Waals surface area contributed by atoms with E-state index in [2.05, 4.69) is 10.3 Å². The molecule has 0 aliphatic carbocycles. The molecule has 0 fully saturated rings. The molecule has 0 bridgehead atoms. The van der Waals surface area contributed by atoms with Crippen LogP contribution in [-0.4, -0.2) is 30.1 Å². The lowest BCUT2D eigenvalue weighted by Crippen LogP contribution is -2.14. The number of benzene rings is 1.